The van der Waals surface area contributed by atoms with Crippen molar-refractivity contribution >= 4 is 17.8 Å². The normalized spacial score (nSPS) is 10.5. The van der Waals surface area contributed by atoms with Crippen LogP contribution in [0.3, 0.4) is 0 Å². The molecular formula is C18H26N2O5. The molecule has 138 valence electrons. The lowest BCUT2D eigenvalue weighted by Crippen LogP contribution is -2.41. The highest BCUT2D eigenvalue weighted by Crippen LogP contribution is 2.15. The topological polar surface area (TPSA) is 93.7 Å². The van der Waals surface area contributed by atoms with Crippen LogP contribution in [0, 0.1) is 5.92 Å². The largest absolute Gasteiger partial charge is 0.493 e. The first-order valence-corrected chi connectivity index (χ1v) is 8.24. The van der Waals surface area contributed by atoms with Gasteiger partial charge in [-0.25, -0.2) is 4.79 Å². The molecule has 1 rings (SSSR count). The molecule has 0 spiro atoms. The van der Waals surface area contributed by atoms with Crippen LogP contribution in [0.1, 0.15) is 38.1 Å². The lowest BCUT2D eigenvalue weighted by atomic mass is 10.2. The van der Waals surface area contributed by atoms with Gasteiger partial charge in [0.15, 0.2) is 6.61 Å². The van der Waals surface area contributed by atoms with Gasteiger partial charge in [-0.1, -0.05) is 19.9 Å². The highest BCUT2D eigenvalue weighted by atomic mass is 16.5. The van der Waals surface area contributed by atoms with Crippen molar-refractivity contribution in [2.75, 3.05) is 19.8 Å². The van der Waals surface area contributed by atoms with Crippen molar-refractivity contribution < 1.29 is 23.9 Å². The quantitative estimate of drug-likeness (QED) is 0.659. The molecule has 0 aliphatic heterocycles. The third-order valence-electron chi connectivity index (χ3n) is 2.88. The Morgan fingerprint density at radius 1 is 1.08 bits per heavy atom. The summed E-state index contributed by atoms with van der Waals surface area (Å²) in [5, 5.41) is 5.03. The predicted octanol–water partition coefficient (Wildman–Crippen LogP) is 1.52. The number of nitrogens with one attached hydrogen (secondary N) is 2. The van der Waals surface area contributed by atoms with E-state index in [1.165, 1.54) is 0 Å². The van der Waals surface area contributed by atoms with E-state index < -0.39 is 18.5 Å². The number of esters is 1. The summed E-state index contributed by atoms with van der Waals surface area (Å²) in [7, 11) is 0. The Morgan fingerprint density at radius 2 is 1.80 bits per heavy atom. The van der Waals surface area contributed by atoms with E-state index in [2.05, 4.69) is 10.6 Å². The maximum Gasteiger partial charge on any atom is 0.338 e. The van der Waals surface area contributed by atoms with Crippen LogP contribution in [0.2, 0.25) is 0 Å². The van der Waals surface area contributed by atoms with Crippen LogP contribution in [-0.2, 0) is 14.3 Å². The molecule has 0 saturated heterocycles. The van der Waals surface area contributed by atoms with Gasteiger partial charge in [-0.2, -0.15) is 0 Å². The minimum absolute atomic E-state index is 0.00702. The Balaban J connectivity index is 2.42. The third-order valence-corrected chi connectivity index (χ3v) is 2.88. The number of rotatable bonds is 9. The second-order valence-corrected chi connectivity index (χ2v) is 6.31. The summed E-state index contributed by atoms with van der Waals surface area (Å²) >= 11 is 0. The van der Waals surface area contributed by atoms with E-state index in [0.717, 1.165) is 0 Å². The number of benzene rings is 1. The van der Waals surface area contributed by atoms with Crippen LogP contribution in [0.25, 0.3) is 0 Å². The van der Waals surface area contributed by atoms with Crippen molar-refractivity contribution in [3.63, 3.8) is 0 Å². The second-order valence-electron chi connectivity index (χ2n) is 6.31. The van der Waals surface area contributed by atoms with E-state index in [1.807, 2.05) is 27.7 Å². The fraction of sp³-hybridized carbons (Fsp3) is 0.500. The van der Waals surface area contributed by atoms with Crippen molar-refractivity contribution in [3.05, 3.63) is 29.8 Å². The van der Waals surface area contributed by atoms with E-state index >= 15 is 0 Å². The maximum absolute atomic E-state index is 12.0. The molecule has 0 bridgehead atoms. The average molecular weight is 350 g/mol. The minimum Gasteiger partial charge on any atom is -0.493 e. The molecule has 0 fully saturated rings. The molecule has 7 nitrogen and oxygen atoms in total. The highest BCUT2D eigenvalue weighted by molar-refractivity contribution is 5.92. The summed E-state index contributed by atoms with van der Waals surface area (Å²) in [5.74, 6) is -0.536. The van der Waals surface area contributed by atoms with E-state index in [0.29, 0.717) is 23.8 Å². The molecule has 0 saturated carbocycles. The molecular weight excluding hydrogens is 324 g/mol. The molecule has 0 radical (unpaired) electrons. The molecule has 0 unspecified atom stereocenters. The average Bonchev–Trinajstić information content (AvgIpc) is 2.55. The standard InChI is InChI=1S/C18H26N2O5/c1-12(2)10-24-15-7-5-6-14(8-15)18(23)25-11-17(22)19-9-16(21)20-13(3)4/h5-8,12-13H,9-11H2,1-4H3,(H,19,22)(H,20,21). The zero-order chi connectivity index (χ0) is 18.8. The van der Waals surface area contributed by atoms with Crippen molar-refractivity contribution in [2.24, 2.45) is 5.92 Å². The summed E-state index contributed by atoms with van der Waals surface area (Å²) in [6.45, 7) is 7.62. The van der Waals surface area contributed by atoms with Crippen LogP contribution in [-0.4, -0.2) is 43.6 Å². The van der Waals surface area contributed by atoms with Gasteiger partial charge in [0.1, 0.15) is 5.75 Å². The monoisotopic (exact) mass is 350 g/mol. The van der Waals surface area contributed by atoms with Gasteiger partial charge in [0, 0.05) is 6.04 Å². The number of amides is 2. The molecule has 25 heavy (non-hydrogen) atoms. The summed E-state index contributed by atoms with van der Waals surface area (Å²) in [6.07, 6.45) is 0. The Morgan fingerprint density at radius 3 is 2.44 bits per heavy atom. The van der Waals surface area contributed by atoms with Crippen LogP contribution in [0.4, 0.5) is 0 Å². The van der Waals surface area contributed by atoms with Gasteiger partial charge in [0.2, 0.25) is 5.91 Å². The molecule has 1 aromatic rings. The van der Waals surface area contributed by atoms with Crippen LogP contribution in [0.15, 0.2) is 24.3 Å². The number of hydrogen-bond donors (Lipinski definition) is 2. The van der Waals surface area contributed by atoms with Crippen LogP contribution < -0.4 is 15.4 Å². The molecule has 2 amide bonds. The fourth-order valence-electron chi connectivity index (χ4n) is 1.79. The first kappa shape index (κ1) is 20.5. The number of ether oxygens (including phenoxy) is 2. The zero-order valence-corrected chi connectivity index (χ0v) is 15.1. The Kier molecular flexibility index (Phi) is 8.46. The van der Waals surface area contributed by atoms with E-state index in [-0.39, 0.29) is 18.5 Å². The molecule has 0 heterocycles. The van der Waals surface area contributed by atoms with Crippen molar-refractivity contribution in [1.29, 1.82) is 0 Å². The summed E-state index contributed by atoms with van der Waals surface area (Å²) in [5.41, 5.74) is 0.298. The van der Waals surface area contributed by atoms with E-state index in [9.17, 15) is 14.4 Å². The SMILES string of the molecule is CC(C)COc1cccc(C(=O)OCC(=O)NCC(=O)NC(C)C)c1. The molecule has 0 aliphatic rings. The van der Waals surface area contributed by atoms with Gasteiger partial charge in [0.05, 0.1) is 18.7 Å². The third kappa shape index (κ3) is 8.74. The van der Waals surface area contributed by atoms with Gasteiger partial charge < -0.3 is 20.1 Å². The Bertz CT molecular complexity index is 599. The molecule has 2 N–H and O–H groups in total. The van der Waals surface area contributed by atoms with Crippen LogP contribution in [0.5, 0.6) is 5.75 Å². The summed E-state index contributed by atoms with van der Waals surface area (Å²) < 4.78 is 10.5. The summed E-state index contributed by atoms with van der Waals surface area (Å²) in [6, 6.07) is 6.58. The lowest BCUT2D eigenvalue weighted by molar-refractivity contribution is -0.128. The Labute approximate surface area is 148 Å². The van der Waals surface area contributed by atoms with Crippen molar-refractivity contribution in [3.8, 4) is 5.75 Å². The summed E-state index contributed by atoms with van der Waals surface area (Å²) in [4.78, 5) is 35.0. The second kappa shape index (κ2) is 10.3. The number of carbonyl (C=O) groups excluding carboxylic acids is 3. The fourth-order valence-corrected chi connectivity index (χ4v) is 1.79. The van der Waals surface area contributed by atoms with Crippen molar-refractivity contribution in [1.82, 2.24) is 10.6 Å². The Hall–Kier alpha value is -2.57. The van der Waals surface area contributed by atoms with Gasteiger partial charge in [-0.05, 0) is 38.0 Å². The molecule has 0 aromatic heterocycles. The van der Waals surface area contributed by atoms with E-state index in [4.69, 9.17) is 9.47 Å². The highest BCUT2D eigenvalue weighted by Gasteiger charge is 2.12. The first-order valence-electron chi connectivity index (χ1n) is 8.24. The first-order chi connectivity index (χ1) is 11.8. The maximum atomic E-state index is 12.0. The zero-order valence-electron chi connectivity index (χ0n) is 15.1. The molecule has 0 atom stereocenters. The van der Waals surface area contributed by atoms with Gasteiger partial charge >= 0.3 is 5.97 Å². The predicted molar refractivity (Wildman–Crippen MR) is 93.3 cm³/mol. The smallest absolute Gasteiger partial charge is 0.338 e. The minimum atomic E-state index is -0.628. The van der Waals surface area contributed by atoms with Gasteiger partial charge in [-0.15, -0.1) is 0 Å². The number of carbonyl (C=O) groups is 3. The van der Waals surface area contributed by atoms with Crippen LogP contribution >= 0.6 is 0 Å². The molecule has 1 aromatic carbocycles. The lowest BCUT2D eigenvalue weighted by Gasteiger charge is -2.11. The molecule has 7 heteroatoms. The molecule has 0 aliphatic carbocycles. The van der Waals surface area contributed by atoms with E-state index in [1.54, 1.807) is 24.3 Å². The van der Waals surface area contributed by atoms with Gasteiger partial charge in [-0.3, -0.25) is 9.59 Å². The van der Waals surface area contributed by atoms with Crippen molar-refractivity contribution in [2.45, 2.75) is 33.7 Å². The number of hydrogen-bond acceptors (Lipinski definition) is 5. The van der Waals surface area contributed by atoms with Gasteiger partial charge in [0.25, 0.3) is 5.91 Å².